The van der Waals surface area contributed by atoms with Crippen LogP contribution in [-0.2, 0) is 0 Å². The van der Waals surface area contributed by atoms with Crippen LogP contribution in [0.2, 0.25) is 0 Å². The van der Waals surface area contributed by atoms with Gasteiger partial charge < -0.3 is 0 Å². The van der Waals surface area contributed by atoms with Gasteiger partial charge in [-0.05, 0) is 51.0 Å². The van der Waals surface area contributed by atoms with Crippen LogP contribution in [0.4, 0.5) is 0 Å². The van der Waals surface area contributed by atoms with E-state index in [2.05, 4.69) is 45.9 Å². The zero-order valence-corrected chi connectivity index (χ0v) is 14.4. The number of hydrogen-bond donors (Lipinski definition) is 0. The Bertz CT molecular complexity index is 910. The summed E-state index contributed by atoms with van der Waals surface area (Å²) in [4.78, 5) is 17.4. The predicted molar refractivity (Wildman–Crippen MR) is 98.0 cm³/mol. The maximum atomic E-state index is 4.68. The molecule has 4 heteroatoms. The van der Waals surface area contributed by atoms with Gasteiger partial charge in [0.15, 0.2) is 0 Å². The maximum Gasteiger partial charge on any atom is 0.0926 e. The van der Waals surface area contributed by atoms with E-state index in [1.807, 2.05) is 38.1 Å². The van der Waals surface area contributed by atoms with Crippen molar-refractivity contribution in [3.8, 4) is 0 Å². The molecular weight excluding hydrogens is 296 g/mol. The van der Waals surface area contributed by atoms with Crippen LogP contribution in [0, 0.1) is 27.7 Å². The van der Waals surface area contributed by atoms with E-state index in [0.717, 1.165) is 33.5 Å². The number of benzene rings is 2. The average molecular weight is 316 g/mol. The van der Waals surface area contributed by atoms with Crippen molar-refractivity contribution in [3.05, 3.63) is 71.3 Å². The fourth-order valence-electron chi connectivity index (χ4n) is 2.41. The van der Waals surface area contributed by atoms with Gasteiger partial charge in [0.05, 0.1) is 33.5 Å². The molecule has 0 spiro atoms. The smallest absolute Gasteiger partial charge is 0.0926 e. The second-order valence-electron chi connectivity index (χ2n) is 5.91. The molecule has 0 amide bonds. The van der Waals surface area contributed by atoms with Crippen molar-refractivity contribution in [1.82, 2.24) is 19.9 Å². The Hall–Kier alpha value is -2.88. The van der Waals surface area contributed by atoms with E-state index in [4.69, 9.17) is 0 Å². The summed E-state index contributed by atoms with van der Waals surface area (Å²) in [5, 5.41) is 0. The van der Waals surface area contributed by atoms with E-state index < -0.39 is 0 Å². The van der Waals surface area contributed by atoms with Crippen molar-refractivity contribution in [2.75, 3.05) is 0 Å². The first-order chi connectivity index (χ1) is 11.5. The van der Waals surface area contributed by atoms with Crippen molar-refractivity contribution < 1.29 is 0 Å². The number of nitrogens with zero attached hydrogens (tertiary/aromatic N) is 4. The van der Waals surface area contributed by atoms with Crippen LogP contribution < -0.4 is 0 Å². The Balaban J connectivity index is 0.000000179. The third-order valence-corrected chi connectivity index (χ3v) is 3.81. The topological polar surface area (TPSA) is 51.6 Å². The van der Waals surface area contributed by atoms with Crippen LogP contribution in [0.1, 0.15) is 22.5 Å². The summed E-state index contributed by atoms with van der Waals surface area (Å²) in [7, 11) is 0. The molecule has 0 aliphatic heterocycles. The van der Waals surface area contributed by atoms with Crippen molar-refractivity contribution in [2.24, 2.45) is 0 Å². The van der Waals surface area contributed by atoms with Crippen LogP contribution in [0.25, 0.3) is 22.1 Å². The average Bonchev–Trinajstić information content (AvgIpc) is 2.60. The van der Waals surface area contributed by atoms with Crippen LogP contribution in [0.3, 0.4) is 0 Å². The summed E-state index contributed by atoms with van der Waals surface area (Å²) in [5.74, 6) is 0. The second-order valence-corrected chi connectivity index (χ2v) is 5.91. The zero-order valence-electron chi connectivity index (χ0n) is 14.4. The highest BCUT2D eigenvalue weighted by Gasteiger charge is 2.05. The highest BCUT2D eigenvalue weighted by atomic mass is 14.8. The number of aryl methyl sites for hydroxylation is 4. The summed E-state index contributed by atoms with van der Waals surface area (Å²) >= 11 is 0. The molecule has 24 heavy (non-hydrogen) atoms. The molecular formula is C20H20N4. The molecule has 0 fully saturated rings. The number of aromatic nitrogens is 4. The molecule has 0 aliphatic carbocycles. The minimum atomic E-state index is 0.962. The molecule has 0 saturated carbocycles. The predicted octanol–water partition coefficient (Wildman–Crippen LogP) is 4.49. The maximum absolute atomic E-state index is 4.68. The van der Waals surface area contributed by atoms with Gasteiger partial charge in [-0.2, -0.15) is 0 Å². The van der Waals surface area contributed by atoms with Crippen molar-refractivity contribution in [2.45, 2.75) is 27.7 Å². The van der Waals surface area contributed by atoms with Gasteiger partial charge in [-0.25, -0.2) is 9.97 Å². The van der Waals surface area contributed by atoms with Gasteiger partial charge >= 0.3 is 0 Å². The number of fused-ring (bicyclic) bond motifs is 2. The van der Waals surface area contributed by atoms with Gasteiger partial charge in [0.2, 0.25) is 0 Å². The van der Waals surface area contributed by atoms with Crippen molar-refractivity contribution in [3.63, 3.8) is 0 Å². The molecule has 4 nitrogen and oxygen atoms in total. The van der Waals surface area contributed by atoms with E-state index >= 15 is 0 Å². The van der Waals surface area contributed by atoms with Gasteiger partial charge in [-0.15, -0.1) is 0 Å². The highest BCUT2D eigenvalue weighted by Crippen LogP contribution is 2.21. The fraction of sp³-hybridized carbons (Fsp3) is 0.200. The molecule has 0 unspecified atom stereocenters. The van der Waals surface area contributed by atoms with E-state index in [9.17, 15) is 0 Å². The quantitative estimate of drug-likeness (QED) is 0.448. The third kappa shape index (κ3) is 3.38. The van der Waals surface area contributed by atoms with Crippen LogP contribution in [-0.4, -0.2) is 19.9 Å². The molecule has 2 heterocycles. The summed E-state index contributed by atoms with van der Waals surface area (Å²) in [6.45, 7) is 8.00. The molecule has 2 aromatic heterocycles. The lowest BCUT2D eigenvalue weighted by Crippen LogP contribution is -1.91. The minimum Gasteiger partial charge on any atom is -0.258 e. The van der Waals surface area contributed by atoms with E-state index in [-0.39, 0.29) is 0 Å². The zero-order chi connectivity index (χ0) is 17.1. The molecule has 0 bridgehead atoms. The Labute approximate surface area is 141 Å². The van der Waals surface area contributed by atoms with E-state index in [1.54, 1.807) is 12.4 Å². The molecule has 0 atom stereocenters. The minimum absolute atomic E-state index is 0.962. The monoisotopic (exact) mass is 316 g/mol. The lowest BCUT2D eigenvalue weighted by atomic mass is 10.1. The summed E-state index contributed by atoms with van der Waals surface area (Å²) in [6.07, 6.45) is 3.52. The summed E-state index contributed by atoms with van der Waals surface area (Å²) in [6, 6.07) is 12.2. The van der Waals surface area contributed by atoms with Crippen LogP contribution >= 0.6 is 0 Å². The molecule has 4 aromatic rings. The number of hydrogen-bond acceptors (Lipinski definition) is 4. The molecule has 0 aliphatic rings. The second kappa shape index (κ2) is 6.71. The largest absolute Gasteiger partial charge is 0.258 e. The molecule has 2 aromatic carbocycles. The first kappa shape index (κ1) is 16.0. The van der Waals surface area contributed by atoms with Crippen molar-refractivity contribution >= 4 is 22.1 Å². The van der Waals surface area contributed by atoms with Crippen LogP contribution in [0.15, 0.2) is 48.8 Å². The molecule has 0 saturated heterocycles. The lowest BCUT2D eigenvalue weighted by Gasteiger charge is -2.05. The number of para-hydroxylation sites is 2. The normalized spacial score (nSPS) is 10.5. The van der Waals surface area contributed by atoms with Gasteiger partial charge in [0, 0.05) is 12.4 Å². The summed E-state index contributed by atoms with van der Waals surface area (Å²) in [5.41, 5.74) is 8.24. The van der Waals surface area contributed by atoms with Gasteiger partial charge in [-0.3, -0.25) is 9.97 Å². The van der Waals surface area contributed by atoms with Gasteiger partial charge in [0.1, 0.15) is 0 Å². The Morgan fingerprint density at radius 2 is 1.00 bits per heavy atom. The Morgan fingerprint density at radius 3 is 1.38 bits per heavy atom. The SMILES string of the molecule is Cc1ccc(C)c2nc3ccccc3nc12.Cc1cnc(C)cn1. The fourth-order valence-corrected chi connectivity index (χ4v) is 2.41. The first-order valence-electron chi connectivity index (χ1n) is 7.92. The molecule has 0 radical (unpaired) electrons. The summed E-state index contributed by atoms with van der Waals surface area (Å²) < 4.78 is 0. The number of rotatable bonds is 0. The van der Waals surface area contributed by atoms with Gasteiger partial charge in [-0.1, -0.05) is 24.3 Å². The lowest BCUT2D eigenvalue weighted by molar-refractivity contribution is 1.06. The van der Waals surface area contributed by atoms with E-state index in [0.29, 0.717) is 0 Å². The highest BCUT2D eigenvalue weighted by molar-refractivity contribution is 5.89. The van der Waals surface area contributed by atoms with Crippen LogP contribution in [0.5, 0.6) is 0 Å². The molecule has 120 valence electrons. The van der Waals surface area contributed by atoms with Gasteiger partial charge in [0.25, 0.3) is 0 Å². The Kier molecular flexibility index (Phi) is 4.47. The van der Waals surface area contributed by atoms with Crippen molar-refractivity contribution in [1.29, 1.82) is 0 Å². The standard InChI is InChI=1S/C14H12N2.C6H8N2/c1-9-7-8-10(2)14-13(9)15-11-5-3-4-6-12(11)16-14;1-5-3-8-6(2)4-7-5/h3-8H,1-2H3;3-4H,1-2H3. The molecule has 4 rings (SSSR count). The Morgan fingerprint density at radius 1 is 0.583 bits per heavy atom. The van der Waals surface area contributed by atoms with E-state index in [1.165, 1.54) is 11.1 Å². The third-order valence-electron chi connectivity index (χ3n) is 3.81. The first-order valence-corrected chi connectivity index (χ1v) is 7.92. The molecule has 0 N–H and O–H groups in total.